The van der Waals surface area contributed by atoms with Gasteiger partial charge in [-0.15, -0.1) is 0 Å². The zero-order chi connectivity index (χ0) is 17.0. The van der Waals surface area contributed by atoms with Gasteiger partial charge in [0.05, 0.1) is 18.1 Å². The molecule has 1 aliphatic heterocycles. The maximum Gasteiger partial charge on any atom is 0.224 e. The molecule has 3 atom stereocenters. The van der Waals surface area contributed by atoms with Gasteiger partial charge in [0.15, 0.2) is 0 Å². The zero-order valence-electron chi connectivity index (χ0n) is 13.9. The van der Waals surface area contributed by atoms with E-state index in [1.807, 2.05) is 18.2 Å². The van der Waals surface area contributed by atoms with Gasteiger partial charge in [0.2, 0.25) is 5.91 Å². The maximum absolute atomic E-state index is 13.6. The Labute approximate surface area is 146 Å². The van der Waals surface area contributed by atoms with Gasteiger partial charge in [-0.05, 0) is 43.0 Å². The first-order valence-corrected chi connectivity index (χ1v) is 8.98. The molecule has 2 aliphatic carbocycles. The van der Waals surface area contributed by atoms with E-state index in [2.05, 4.69) is 17.4 Å². The third kappa shape index (κ3) is 2.27. The lowest BCUT2D eigenvalue weighted by Gasteiger charge is -2.43. The van der Waals surface area contributed by atoms with E-state index < -0.39 is 0 Å². The third-order valence-electron chi connectivity index (χ3n) is 6.13. The molecule has 0 aromatic heterocycles. The Morgan fingerprint density at radius 2 is 1.96 bits per heavy atom. The summed E-state index contributed by atoms with van der Waals surface area (Å²) in [5.74, 6) is 0.686. The molecule has 5 rings (SSSR count). The Hall–Kier alpha value is -2.36. The summed E-state index contributed by atoms with van der Waals surface area (Å²) in [6.45, 7) is 0.541. The van der Waals surface area contributed by atoms with Crippen molar-refractivity contribution in [2.24, 2.45) is 11.8 Å². The number of nitrogens with one attached hydrogen (secondary N) is 1. The third-order valence-corrected chi connectivity index (χ3v) is 6.13. The number of carbonyl (C=O) groups is 1. The van der Waals surface area contributed by atoms with Crippen molar-refractivity contribution in [2.45, 2.75) is 30.7 Å². The second-order valence-electron chi connectivity index (χ2n) is 7.50. The summed E-state index contributed by atoms with van der Waals surface area (Å²) in [6.07, 6.45) is 3.09. The van der Waals surface area contributed by atoms with Crippen molar-refractivity contribution in [3.63, 3.8) is 0 Å². The molecule has 25 heavy (non-hydrogen) atoms. The second-order valence-corrected chi connectivity index (χ2v) is 7.50. The Balaban J connectivity index is 1.38. The molecule has 3 unspecified atom stereocenters. The monoisotopic (exact) mass is 337 g/mol. The van der Waals surface area contributed by atoms with Crippen molar-refractivity contribution < 1.29 is 13.9 Å². The van der Waals surface area contributed by atoms with Gasteiger partial charge in [0.25, 0.3) is 0 Å². The van der Waals surface area contributed by atoms with Crippen LogP contribution in [0.25, 0.3) is 0 Å². The maximum atomic E-state index is 13.6. The summed E-state index contributed by atoms with van der Waals surface area (Å²) in [4.78, 5) is 13.0. The number of fused-ring (bicyclic) bond motifs is 3. The average molecular weight is 337 g/mol. The SMILES string of the molecule is O=C(NC1(c2ccccc2)CCC1)C1C2COc3ccc(F)cc3C21. The molecule has 0 bridgehead atoms. The van der Waals surface area contributed by atoms with Gasteiger partial charge in [-0.3, -0.25) is 4.79 Å². The predicted molar refractivity (Wildman–Crippen MR) is 91.7 cm³/mol. The van der Waals surface area contributed by atoms with Gasteiger partial charge in [0, 0.05) is 17.4 Å². The van der Waals surface area contributed by atoms with Crippen molar-refractivity contribution in [2.75, 3.05) is 6.61 Å². The summed E-state index contributed by atoms with van der Waals surface area (Å²) in [7, 11) is 0. The molecule has 3 nitrogen and oxygen atoms in total. The highest BCUT2D eigenvalue weighted by Gasteiger charge is 2.59. The fourth-order valence-electron chi connectivity index (χ4n) is 4.55. The number of ether oxygens (including phenoxy) is 1. The predicted octanol–water partition coefficient (Wildman–Crippen LogP) is 3.74. The quantitative estimate of drug-likeness (QED) is 0.926. The van der Waals surface area contributed by atoms with Crippen LogP contribution in [0, 0.1) is 17.7 Å². The largest absolute Gasteiger partial charge is 0.493 e. The number of hydrogen-bond donors (Lipinski definition) is 1. The number of rotatable bonds is 3. The first-order chi connectivity index (χ1) is 12.2. The van der Waals surface area contributed by atoms with Crippen molar-refractivity contribution in [3.8, 4) is 5.75 Å². The smallest absolute Gasteiger partial charge is 0.224 e. The van der Waals surface area contributed by atoms with Gasteiger partial charge in [-0.2, -0.15) is 0 Å². The van der Waals surface area contributed by atoms with E-state index in [1.165, 1.54) is 17.7 Å². The van der Waals surface area contributed by atoms with Crippen LogP contribution in [0.1, 0.15) is 36.3 Å². The van der Waals surface area contributed by atoms with Gasteiger partial charge >= 0.3 is 0 Å². The molecular formula is C21H20FNO2. The molecule has 0 spiro atoms. The van der Waals surface area contributed by atoms with Crippen molar-refractivity contribution >= 4 is 5.91 Å². The molecule has 1 N–H and O–H groups in total. The van der Waals surface area contributed by atoms with Crippen molar-refractivity contribution in [3.05, 3.63) is 65.5 Å². The number of amides is 1. The molecule has 2 fully saturated rings. The molecule has 0 saturated heterocycles. The molecule has 3 aliphatic rings. The van der Waals surface area contributed by atoms with E-state index in [0.717, 1.165) is 30.6 Å². The Morgan fingerprint density at radius 1 is 1.16 bits per heavy atom. The number of benzene rings is 2. The van der Waals surface area contributed by atoms with E-state index in [4.69, 9.17) is 4.74 Å². The lowest BCUT2D eigenvalue weighted by Crippen LogP contribution is -2.51. The summed E-state index contributed by atoms with van der Waals surface area (Å²) in [6, 6.07) is 14.8. The summed E-state index contributed by atoms with van der Waals surface area (Å²) >= 11 is 0. The van der Waals surface area contributed by atoms with E-state index >= 15 is 0 Å². The molecule has 128 valence electrons. The van der Waals surface area contributed by atoms with Crippen LogP contribution in [0.3, 0.4) is 0 Å². The zero-order valence-corrected chi connectivity index (χ0v) is 13.9. The van der Waals surface area contributed by atoms with E-state index in [0.29, 0.717) is 6.61 Å². The van der Waals surface area contributed by atoms with Crippen LogP contribution in [0.5, 0.6) is 5.75 Å². The molecule has 2 saturated carbocycles. The number of carbonyl (C=O) groups excluding carboxylic acids is 1. The Bertz CT molecular complexity index is 831. The van der Waals surface area contributed by atoms with Crippen LogP contribution >= 0.6 is 0 Å². The average Bonchev–Trinajstić information content (AvgIpc) is 3.34. The van der Waals surface area contributed by atoms with E-state index in [1.54, 1.807) is 6.07 Å². The van der Waals surface area contributed by atoms with Crippen LogP contribution in [-0.4, -0.2) is 12.5 Å². The van der Waals surface area contributed by atoms with Crippen LogP contribution in [0.4, 0.5) is 4.39 Å². The highest BCUT2D eigenvalue weighted by atomic mass is 19.1. The summed E-state index contributed by atoms with van der Waals surface area (Å²) in [5, 5.41) is 3.32. The lowest BCUT2D eigenvalue weighted by molar-refractivity contribution is -0.126. The normalized spacial score (nSPS) is 28.0. The van der Waals surface area contributed by atoms with Crippen LogP contribution in [0.15, 0.2) is 48.5 Å². The molecule has 1 amide bonds. The second kappa shape index (κ2) is 5.32. The van der Waals surface area contributed by atoms with Crippen LogP contribution < -0.4 is 10.1 Å². The van der Waals surface area contributed by atoms with Gasteiger partial charge in [-0.25, -0.2) is 4.39 Å². The van der Waals surface area contributed by atoms with E-state index in [-0.39, 0.29) is 35.0 Å². The molecular weight excluding hydrogens is 317 g/mol. The van der Waals surface area contributed by atoms with Gasteiger partial charge < -0.3 is 10.1 Å². The van der Waals surface area contributed by atoms with Crippen LogP contribution in [-0.2, 0) is 10.3 Å². The first kappa shape index (κ1) is 14.9. The summed E-state index contributed by atoms with van der Waals surface area (Å²) < 4.78 is 19.3. The van der Waals surface area contributed by atoms with Crippen molar-refractivity contribution in [1.29, 1.82) is 0 Å². The molecule has 4 heteroatoms. The fraction of sp³-hybridized carbons (Fsp3) is 0.381. The Kier molecular flexibility index (Phi) is 3.18. The minimum Gasteiger partial charge on any atom is -0.493 e. The topological polar surface area (TPSA) is 38.3 Å². The number of hydrogen-bond acceptors (Lipinski definition) is 2. The van der Waals surface area contributed by atoms with E-state index in [9.17, 15) is 9.18 Å². The lowest BCUT2D eigenvalue weighted by atomic mass is 9.71. The standard InChI is InChI=1S/C21H20FNO2/c22-14-7-8-17-15(11-14)18-16(12-25-17)19(18)20(24)23-21(9-4-10-21)13-5-2-1-3-6-13/h1-3,5-8,11,16,18-19H,4,9-10,12H2,(H,23,24). The molecule has 2 aromatic carbocycles. The minimum atomic E-state index is -0.270. The fourth-order valence-corrected chi connectivity index (χ4v) is 4.55. The number of halogens is 1. The molecule has 2 aromatic rings. The highest BCUT2D eigenvalue weighted by Crippen LogP contribution is 2.59. The van der Waals surface area contributed by atoms with Crippen molar-refractivity contribution in [1.82, 2.24) is 5.32 Å². The van der Waals surface area contributed by atoms with Gasteiger partial charge in [-0.1, -0.05) is 30.3 Å². The minimum absolute atomic E-state index is 0.0827. The summed E-state index contributed by atoms with van der Waals surface area (Å²) in [5.41, 5.74) is 1.80. The van der Waals surface area contributed by atoms with Gasteiger partial charge in [0.1, 0.15) is 11.6 Å². The first-order valence-electron chi connectivity index (χ1n) is 8.98. The molecule has 1 heterocycles. The van der Waals surface area contributed by atoms with Crippen LogP contribution in [0.2, 0.25) is 0 Å². The Morgan fingerprint density at radius 3 is 2.68 bits per heavy atom. The molecule has 0 radical (unpaired) electrons. The highest BCUT2D eigenvalue weighted by molar-refractivity contribution is 5.85.